The Kier molecular flexibility index (Phi) is 6.83. The fraction of sp³-hybridized carbons (Fsp3) is 0.481. The Morgan fingerprint density at radius 3 is 2.53 bits per heavy atom. The number of piperazine rings is 1. The van der Waals surface area contributed by atoms with Crippen molar-refractivity contribution in [3.63, 3.8) is 0 Å². The second-order valence-corrected chi connectivity index (χ2v) is 9.83. The molecule has 2 fully saturated rings. The van der Waals surface area contributed by atoms with Gasteiger partial charge in [-0.25, -0.2) is 9.97 Å². The van der Waals surface area contributed by atoms with Gasteiger partial charge in [-0.3, -0.25) is 0 Å². The number of hydrogen-bond donors (Lipinski definition) is 1. The Hall–Kier alpha value is -2.90. The van der Waals surface area contributed by atoms with Gasteiger partial charge in [0.1, 0.15) is 11.9 Å². The molecule has 1 aromatic heterocycles. The van der Waals surface area contributed by atoms with Crippen LogP contribution in [0.15, 0.2) is 48.7 Å². The lowest BCUT2D eigenvalue weighted by atomic mass is 10.1. The molecule has 2 aliphatic rings. The average molecular weight is 461 g/mol. The van der Waals surface area contributed by atoms with Crippen LogP contribution in [0.25, 0.3) is 10.9 Å². The number of rotatable bonds is 6. The number of anilines is 3. The van der Waals surface area contributed by atoms with Crippen LogP contribution in [0, 0.1) is 0 Å². The molecule has 0 spiro atoms. The molecule has 34 heavy (non-hydrogen) atoms. The first-order valence-corrected chi connectivity index (χ1v) is 12.5. The Bertz CT molecular complexity index is 1100. The summed E-state index contributed by atoms with van der Waals surface area (Å²) in [5.74, 6) is 1.49. The van der Waals surface area contributed by atoms with Gasteiger partial charge in [-0.2, -0.15) is 0 Å². The number of benzene rings is 2. The number of piperidine rings is 1. The fourth-order valence-corrected chi connectivity index (χ4v) is 4.81. The van der Waals surface area contributed by atoms with Gasteiger partial charge in [-0.1, -0.05) is 6.07 Å². The van der Waals surface area contributed by atoms with Gasteiger partial charge in [0.05, 0.1) is 5.52 Å². The second-order valence-electron chi connectivity index (χ2n) is 9.83. The van der Waals surface area contributed by atoms with Gasteiger partial charge >= 0.3 is 0 Å². The maximum absolute atomic E-state index is 6.32. The van der Waals surface area contributed by atoms with Crippen LogP contribution in [-0.4, -0.2) is 78.2 Å². The predicted molar refractivity (Wildman–Crippen MR) is 139 cm³/mol. The SMILES string of the molecule is CC(C)N1CCC(Oc2ccc3cnc(Nc4cccc(N5CCN(C)CC5)c4)nc3c2)CC1. The predicted octanol–water partition coefficient (Wildman–Crippen LogP) is 4.38. The Labute approximate surface area is 202 Å². The molecule has 5 rings (SSSR count). The van der Waals surface area contributed by atoms with Crippen molar-refractivity contribution in [2.24, 2.45) is 0 Å². The van der Waals surface area contributed by atoms with Gasteiger partial charge in [-0.15, -0.1) is 0 Å². The molecular weight excluding hydrogens is 424 g/mol. The second kappa shape index (κ2) is 10.2. The van der Waals surface area contributed by atoms with E-state index in [0.717, 1.165) is 74.5 Å². The number of ether oxygens (including phenoxy) is 1. The third kappa shape index (κ3) is 5.42. The van der Waals surface area contributed by atoms with E-state index in [0.29, 0.717) is 12.0 Å². The molecule has 2 aliphatic heterocycles. The third-order valence-electron chi connectivity index (χ3n) is 7.03. The minimum atomic E-state index is 0.268. The van der Waals surface area contributed by atoms with Crippen molar-refractivity contribution >= 4 is 28.2 Å². The maximum atomic E-state index is 6.32. The number of likely N-dealkylation sites (tertiary alicyclic amines) is 1. The summed E-state index contributed by atoms with van der Waals surface area (Å²) < 4.78 is 6.32. The van der Waals surface area contributed by atoms with Crippen molar-refractivity contribution in [3.05, 3.63) is 48.7 Å². The van der Waals surface area contributed by atoms with Gasteiger partial charge in [-0.05, 0) is 64.1 Å². The molecule has 0 bridgehead atoms. The minimum Gasteiger partial charge on any atom is -0.490 e. The normalized spacial score (nSPS) is 18.5. The van der Waals surface area contributed by atoms with Gasteiger partial charge < -0.3 is 24.8 Å². The van der Waals surface area contributed by atoms with E-state index in [-0.39, 0.29) is 6.10 Å². The molecule has 180 valence electrons. The molecule has 7 nitrogen and oxygen atoms in total. The van der Waals surface area contributed by atoms with E-state index in [1.54, 1.807) is 0 Å². The first-order valence-electron chi connectivity index (χ1n) is 12.5. The maximum Gasteiger partial charge on any atom is 0.227 e. The summed E-state index contributed by atoms with van der Waals surface area (Å²) >= 11 is 0. The van der Waals surface area contributed by atoms with E-state index in [9.17, 15) is 0 Å². The van der Waals surface area contributed by atoms with Crippen LogP contribution in [0.2, 0.25) is 0 Å². The summed E-state index contributed by atoms with van der Waals surface area (Å²) in [7, 11) is 2.18. The van der Waals surface area contributed by atoms with Crippen LogP contribution in [0.3, 0.4) is 0 Å². The first-order chi connectivity index (χ1) is 16.5. The molecule has 3 aromatic rings. The van der Waals surface area contributed by atoms with Gasteiger partial charge in [0.25, 0.3) is 0 Å². The first kappa shape index (κ1) is 22.9. The third-order valence-corrected chi connectivity index (χ3v) is 7.03. The molecule has 0 atom stereocenters. The standard InChI is InChI=1S/C27H36N6O/c1-20(2)32-11-9-24(10-12-32)34-25-8-7-21-19-28-27(30-26(21)18-25)29-22-5-4-6-23(17-22)33-15-13-31(3)14-16-33/h4-8,17-20,24H,9-16H2,1-3H3,(H,28,29,30). The van der Waals surface area contributed by atoms with Gasteiger partial charge in [0, 0.05) is 74.3 Å². The van der Waals surface area contributed by atoms with Crippen molar-refractivity contribution in [1.29, 1.82) is 0 Å². The van der Waals surface area contributed by atoms with Crippen molar-refractivity contribution < 1.29 is 4.74 Å². The van der Waals surface area contributed by atoms with Crippen LogP contribution in [0.5, 0.6) is 5.75 Å². The molecule has 2 saturated heterocycles. The Morgan fingerprint density at radius 2 is 1.76 bits per heavy atom. The van der Waals surface area contributed by atoms with Crippen molar-refractivity contribution in [2.45, 2.75) is 38.8 Å². The topological polar surface area (TPSA) is 56.8 Å². The highest BCUT2D eigenvalue weighted by Gasteiger charge is 2.22. The summed E-state index contributed by atoms with van der Waals surface area (Å²) in [6.45, 7) is 11.0. The summed E-state index contributed by atoms with van der Waals surface area (Å²) in [4.78, 5) is 16.6. The quantitative estimate of drug-likeness (QED) is 0.586. The molecule has 3 heterocycles. The average Bonchev–Trinajstić information content (AvgIpc) is 2.85. The van der Waals surface area contributed by atoms with Crippen LogP contribution in [0.1, 0.15) is 26.7 Å². The van der Waals surface area contributed by atoms with Crippen LogP contribution < -0.4 is 15.0 Å². The lowest BCUT2D eigenvalue weighted by molar-refractivity contribution is 0.0844. The highest BCUT2D eigenvalue weighted by molar-refractivity contribution is 5.80. The number of nitrogens with zero attached hydrogens (tertiary/aromatic N) is 5. The van der Waals surface area contributed by atoms with Gasteiger partial charge in [0.15, 0.2) is 0 Å². The number of aromatic nitrogens is 2. The van der Waals surface area contributed by atoms with Crippen molar-refractivity contribution in [2.75, 3.05) is 56.5 Å². The Balaban J connectivity index is 1.26. The molecule has 0 radical (unpaired) electrons. The monoisotopic (exact) mass is 460 g/mol. The molecule has 0 saturated carbocycles. The smallest absolute Gasteiger partial charge is 0.227 e. The number of hydrogen-bond acceptors (Lipinski definition) is 7. The zero-order chi connectivity index (χ0) is 23.5. The fourth-order valence-electron chi connectivity index (χ4n) is 4.81. The highest BCUT2D eigenvalue weighted by atomic mass is 16.5. The van der Waals surface area contributed by atoms with E-state index in [1.165, 1.54) is 5.69 Å². The van der Waals surface area contributed by atoms with Crippen LogP contribution in [0.4, 0.5) is 17.3 Å². The van der Waals surface area contributed by atoms with E-state index in [4.69, 9.17) is 9.72 Å². The van der Waals surface area contributed by atoms with Crippen molar-refractivity contribution in [3.8, 4) is 5.75 Å². The summed E-state index contributed by atoms with van der Waals surface area (Å²) in [6, 6.07) is 15.2. The summed E-state index contributed by atoms with van der Waals surface area (Å²) in [5.41, 5.74) is 3.13. The molecule has 7 heteroatoms. The van der Waals surface area contributed by atoms with Gasteiger partial charge in [0.2, 0.25) is 5.95 Å². The molecule has 1 N–H and O–H groups in total. The molecular formula is C27H36N6O. The van der Waals surface area contributed by atoms with Crippen LogP contribution in [-0.2, 0) is 0 Å². The molecule has 0 unspecified atom stereocenters. The molecule has 0 amide bonds. The van der Waals surface area contributed by atoms with E-state index >= 15 is 0 Å². The van der Waals surface area contributed by atoms with E-state index in [2.05, 4.69) is 70.2 Å². The lowest BCUT2D eigenvalue weighted by Gasteiger charge is -2.34. The summed E-state index contributed by atoms with van der Waals surface area (Å²) in [5, 5.41) is 4.41. The van der Waals surface area contributed by atoms with E-state index < -0.39 is 0 Å². The minimum absolute atomic E-state index is 0.268. The Morgan fingerprint density at radius 1 is 0.971 bits per heavy atom. The molecule has 2 aromatic carbocycles. The van der Waals surface area contributed by atoms with E-state index in [1.807, 2.05) is 24.4 Å². The van der Waals surface area contributed by atoms with Crippen molar-refractivity contribution in [1.82, 2.24) is 19.8 Å². The highest BCUT2D eigenvalue weighted by Crippen LogP contribution is 2.26. The summed E-state index contributed by atoms with van der Waals surface area (Å²) in [6.07, 6.45) is 4.27. The zero-order valence-corrected chi connectivity index (χ0v) is 20.6. The number of nitrogens with one attached hydrogen (secondary N) is 1. The van der Waals surface area contributed by atoms with Crippen LogP contribution >= 0.6 is 0 Å². The zero-order valence-electron chi connectivity index (χ0n) is 20.6. The largest absolute Gasteiger partial charge is 0.490 e. The molecule has 0 aliphatic carbocycles. The lowest BCUT2D eigenvalue weighted by Crippen LogP contribution is -2.44. The number of fused-ring (bicyclic) bond motifs is 1. The number of likely N-dealkylation sites (N-methyl/N-ethyl adjacent to an activating group) is 1.